The zero-order valence-electron chi connectivity index (χ0n) is 18.2. The van der Waals surface area contributed by atoms with Crippen LogP contribution in [0.2, 0.25) is 5.02 Å². The lowest BCUT2D eigenvalue weighted by Crippen LogP contribution is -2.48. The Morgan fingerprint density at radius 2 is 2.10 bits per heavy atom. The minimum atomic E-state index is -0.443. The molecule has 1 atom stereocenters. The predicted octanol–water partition coefficient (Wildman–Crippen LogP) is 6.31. The van der Waals surface area contributed by atoms with E-state index >= 15 is 0 Å². The molecule has 30 heavy (non-hydrogen) atoms. The van der Waals surface area contributed by atoms with E-state index in [1.807, 2.05) is 13.0 Å². The second-order valence-corrected chi connectivity index (χ2v) is 9.00. The zero-order valence-corrected chi connectivity index (χ0v) is 19.0. The number of benzene rings is 2. The van der Waals surface area contributed by atoms with Gasteiger partial charge in [0, 0.05) is 28.5 Å². The number of nitrogens with one attached hydrogen (secondary N) is 1. The Morgan fingerprint density at radius 3 is 2.73 bits per heavy atom. The smallest absolute Gasteiger partial charge is 0.266 e. The summed E-state index contributed by atoms with van der Waals surface area (Å²) >= 11 is 5.98. The number of halogens is 1. The number of aryl methyl sites for hydroxylation is 1. The lowest BCUT2D eigenvalue weighted by molar-refractivity contribution is -0.112. The predicted molar refractivity (Wildman–Crippen MR) is 125 cm³/mol. The van der Waals surface area contributed by atoms with Gasteiger partial charge in [-0.3, -0.25) is 4.79 Å². The lowest BCUT2D eigenvalue weighted by Gasteiger charge is -2.47. The van der Waals surface area contributed by atoms with Gasteiger partial charge in [0.15, 0.2) is 0 Å². The topological polar surface area (TPSA) is 56.1 Å². The Morgan fingerprint density at radius 1 is 1.37 bits per heavy atom. The lowest BCUT2D eigenvalue weighted by atomic mass is 9.79. The third-order valence-corrected chi connectivity index (χ3v) is 6.07. The Balaban J connectivity index is 1.97. The molecule has 1 aliphatic heterocycles. The quantitative estimate of drug-likeness (QED) is 0.465. The molecule has 1 amide bonds. The number of anilines is 2. The maximum absolute atomic E-state index is 12.7. The molecule has 1 aliphatic rings. The van der Waals surface area contributed by atoms with Crippen molar-refractivity contribution in [3.63, 3.8) is 0 Å². The summed E-state index contributed by atoms with van der Waals surface area (Å²) in [6.45, 7) is 12.0. The van der Waals surface area contributed by atoms with Crippen LogP contribution in [0.15, 0.2) is 42.0 Å². The largest absolute Gasteiger partial charge is 0.366 e. The van der Waals surface area contributed by atoms with Gasteiger partial charge in [-0.05, 0) is 93.1 Å². The van der Waals surface area contributed by atoms with Gasteiger partial charge in [0.25, 0.3) is 5.91 Å². The summed E-state index contributed by atoms with van der Waals surface area (Å²) in [6, 6.07) is 13.2. The highest BCUT2D eigenvalue weighted by molar-refractivity contribution is 6.31. The number of hydrogen-bond acceptors (Lipinski definition) is 3. The number of amides is 1. The van der Waals surface area contributed by atoms with Crippen LogP contribution in [0.1, 0.15) is 56.7 Å². The third kappa shape index (κ3) is 4.37. The highest BCUT2D eigenvalue weighted by atomic mass is 35.5. The summed E-state index contributed by atoms with van der Waals surface area (Å²) < 4.78 is 0. The molecule has 3 rings (SSSR count). The summed E-state index contributed by atoms with van der Waals surface area (Å²) in [6.07, 6.45) is 2.73. The molecular weight excluding hydrogens is 394 g/mol. The van der Waals surface area contributed by atoms with Crippen LogP contribution in [0, 0.1) is 18.3 Å². The van der Waals surface area contributed by atoms with Crippen LogP contribution in [0.25, 0.3) is 6.08 Å². The SMILES string of the molecule is CCN1c2cc(C)c(/C=C(/C#N)C(=O)Nc3cccc(Cl)c3)cc2C(C)CC1(C)C. The van der Waals surface area contributed by atoms with Crippen LogP contribution in [-0.2, 0) is 4.79 Å². The monoisotopic (exact) mass is 421 g/mol. The van der Waals surface area contributed by atoms with Gasteiger partial charge in [0.05, 0.1) is 0 Å². The van der Waals surface area contributed by atoms with Gasteiger partial charge in [0.2, 0.25) is 0 Å². The van der Waals surface area contributed by atoms with Gasteiger partial charge in [-0.25, -0.2) is 0 Å². The molecule has 1 N–H and O–H groups in total. The van der Waals surface area contributed by atoms with E-state index in [-0.39, 0.29) is 11.1 Å². The molecule has 0 fully saturated rings. The number of carbonyl (C=O) groups is 1. The summed E-state index contributed by atoms with van der Waals surface area (Å²) in [5.74, 6) is -0.0439. The highest BCUT2D eigenvalue weighted by Crippen LogP contribution is 2.44. The Bertz CT molecular complexity index is 1050. The molecule has 0 radical (unpaired) electrons. The van der Waals surface area contributed by atoms with Crippen molar-refractivity contribution in [2.45, 2.75) is 52.5 Å². The molecule has 2 aromatic rings. The van der Waals surface area contributed by atoms with E-state index in [1.165, 1.54) is 11.3 Å². The van der Waals surface area contributed by atoms with Crippen molar-refractivity contribution < 1.29 is 4.79 Å². The van der Waals surface area contributed by atoms with E-state index in [0.717, 1.165) is 24.1 Å². The van der Waals surface area contributed by atoms with Crippen LogP contribution in [-0.4, -0.2) is 18.0 Å². The van der Waals surface area contributed by atoms with Gasteiger partial charge in [-0.2, -0.15) is 5.26 Å². The molecule has 0 bridgehead atoms. The number of nitrogens with zero attached hydrogens (tertiary/aromatic N) is 2. The minimum absolute atomic E-state index is 0.0640. The average molecular weight is 422 g/mol. The van der Waals surface area contributed by atoms with E-state index in [2.05, 4.69) is 50.0 Å². The van der Waals surface area contributed by atoms with Crippen LogP contribution < -0.4 is 10.2 Å². The van der Waals surface area contributed by atoms with Crippen LogP contribution in [0.4, 0.5) is 11.4 Å². The fraction of sp³-hybridized carbons (Fsp3) is 0.360. The maximum Gasteiger partial charge on any atom is 0.266 e. The first-order chi connectivity index (χ1) is 14.2. The van der Waals surface area contributed by atoms with Gasteiger partial charge in [-0.15, -0.1) is 0 Å². The second kappa shape index (κ2) is 8.53. The number of nitriles is 1. The van der Waals surface area contributed by atoms with E-state index in [0.29, 0.717) is 16.6 Å². The molecule has 0 aromatic heterocycles. The van der Waals surface area contributed by atoms with E-state index in [9.17, 15) is 10.1 Å². The minimum Gasteiger partial charge on any atom is -0.366 e. The summed E-state index contributed by atoms with van der Waals surface area (Å²) in [4.78, 5) is 15.1. The van der Waals surface area contributed by atoms with Crippen molar-refractivity contribution in [2.24, 2.45) is 0 Å². The molecule has 5 heteroatoms. The Hall–Kier alpha value is -2.77. The molecule has 156 valence electrons. The summed E-state index contributed by atoms with van der Waals surface area (Å²) in [5, 5.41) is 12.9. The third-order valence-electron chi connectivity index (χ3n) is 5.84. The number of rotatable bonds is 4. The maximum atomic E-state index is 12.7. The van der Waals surface area contributed by atoms with Crippen LogP contribution >= 0.6 is 11.6 Å². The van der Waals surface area contributed by atoms with Gasteiger partial charge < -0.3 is 10.2 Å². The summed E-state index contributed by atoms with van der Waals surface area (Å²) in [7, 11) is 0. The van der Waals surface area contributed by atoms with Crippen molar-refractivity contribution in [2.75, 3.05) is 16.8 Å². The van der Waals surface area contributed by atoms with Crippen molar-refractivity contribution in [1.82, 2.24) is 0 Å². The Labute approximate surface area is 184 Å². The average Bonchev–Trinajstić information content (AvgIpc) is 2.66. The zero-order chi connectivity index (χ0) is 22.1. The molecule has 0 saturated heterocycles. The highest BCUT2D eigenvalue weighted by Gasteiger charge is 2.35. The molecule has 0 aliphatic carbocycles. The molecule has 0 saturated carbocycles. The van der Waals surface area contributed by atoms with Crippen LogP contribution in [0.5, 0.6) is 0 Å². The number of fused-ring (bicyclic) bond motifs is 1. The second-order valence-electron chi connectivity index (χ2n) is 8.56. The van der Waals surface area contributed by atoms with Crippen molar-refractivity contribution in [3.05, 3.63) is 63.7 Å². The number of hydrogen-bond donors (Lipinski definition) is 1. The number of carbonyl (C=O) groups excluding carboxylic acids is 1. The molecule has 0 spiro atoms. The van der Waals surface area contributed by atoms with E-state index in [4.69, 9.17) is 11.6 Å². The summed E-state index contributed by atoms with van der Waals surface area (Å²) in [5.41, 5.74) is 5.17. The van der Waals surface area contributed by atoms with Gasteiger partial charge >= 0.3 is 0 Å². The normalized spacial score (nSPS) is 17.8. The molecule has 4 nitrogen and oxygen atoms in total. The van der Waals surface area contributed by atoms with Crippen molar-refractivity contribution in [1.29, 1.82) is 5.26 Å². The fourth-order valence-electron chi connectivity index (χ4n) is 4.47. The molecular formula is C25H28ClN3O. The van der Waals surface area contributed by atoms with Crippen molar-refractivity contribution >= 4 is 35.0 Å². The van der Waals surface area contributed by atoms with Crippen molar-refractivity contribution in [3.8, 4) is 6.07 Å². The standard InChI is InChI=1S/C25H28ClN3O/c1-6-29-23-10-16(2)18(12-22(23)17(3)14-25(29,4)5)11-19(15-27)24(30)28-21-9-7-8-20(26)13-21/h7-13,17H,6,14H2,1-5H3,(H,28,30)/b19-11-. The first-order valence-electron chi connectivity index (χ1n) is 10.3. The molecule has 1 heterocycles. The van der Waals surface area contributed by atoms with E-state index in [1.54, 1.807) is 30.3 Å². The Kier molecular flexibility index (Phi) is 6.24. The fourth-order valence-corrected chi connectivity index (χ4v) is 4.66. The van der Waals surface area contributed by atoms with Crippen LogP contribution in [0.3, 0.4) is 0 Å². The van der Waals surface area contributed by atoms with Gasteiger partial charge in [0.1, 0.15) is 11.6 Å². The van der Waals surface area contributed by atoms with Gasteiger partial charge in [-0.1, -0.05) is 24.6 Å². The first kappa shape index (κ1) is 21.9. The van der Waals surface area contributed by atoms with E-state index < -0.39 is 5.91 Å². The molecule has 1 unspecified atom stereocenters. The molecule has 2 aromatic carbocycles. The first-order valence-corrected chi connectivity index (χ1v) is 10.6.